The molecular formula is C12H10ClNO2. The second-order valence-electron chi connectivity index (χ2n) is 3.24. The predicted molar refractivity (Wildman–Crippen MR) is 63.5 cm³/mol. The van der Waals surface area contributed by atoms with E-state index in [9.17, 15) is 4.79 Å². The molecule has 82 valence electrons. The van der Waals surface area contributed by atoms with Crippen LogP contribution in [0.2, 0.25) is 0 Å². The summed E-state index contributed by atoms with van der Waals surface area (Å²) in [6, 6.07) is 11.1. The third kappa shape index (κ3) is 2.44. The van der Waals surface area contributed by atoms with Crippen LogP contribution in [0.5, 0.6) is 0 Å². The average molecular weight is 236 g/mol. The zero-order chi connectivity index (χ0) is 11.4. The summed E-state index contributed by atoms with van der Waals surface area (Å²) in [4.78, 5) is 11.0. The molecule has 0 unspecified atom stereocenters. The third-order valence-electron chi connectivity index (χ3n) is 2.10. The van der Waals surface area contributed by atoms with Crippen molar-refractivity contribution < 1.29 is 9.21 Å². The van der Waals surface area contributed by atoms with Crippen LogP contribution in [0, 0.1) is 0 Å². The van der Waals surface area contributed by atoms with Crippen molar-refractivity contribution in [2.75, 3.05) is 11.2 Å². The van der Waals surface area contributed by atoms with Gasteiger partial charge in [-0.25, -0.2) is 0 Å². The molecule has 1 aromatic heterocycles. The summed E-state index contributed by atoms with van der Waals surface area (Å²) in [5.74, 6) is 0.544. The van der Waals surface area contributed by atoms with Crippen LogP contribution in [0.3, 0.4) is 0 Å². The van der Waals surface area contributed by atoms with Crippen LogP contribution in [0.25, 0.3) is 11.3 Å². The van der Waals surface area contributed by atoms with Crippen LogP contribution < -0.4 is 5.32 Å². The Kier molecular flexibility index (Phi) is 3.27. The Labute approximate surface area is 98.0 Å². The summed E-state index contributed by atoms with van der Waals surface area (Å²) in [5, 5.41) is 2.66. The van der Waals surface area contributed by atoms with Gasteiger partial charge in [0.05, 0.1) is 6.26 Å². The normalized spacial score (nSPS) is 10.1. The molecule has 1 N–H and O–H groups in total. The van der Waals surface area contributed by atoms with E-state index in [0.717, 1.165) is 17.0 Å². The molecule has 0 saturated carbocycles. The van der Waals surface area contributed by atoms with Gasteiger partial charge in [0.2, 0.25) is 5.91 Å². The molecule has 0 saturated heterocycles. The van der Waals surface area contributed by atoms with Gasteiger partial charge in [-0.15, -0.1) is 11.6 Å². The van der Waals surface area contributed by atoms with Gasteiger partial charge < -0.3 is 9.73 Å². The highest BCUT2D eigenvalue weighted by Crippen LogP contribution is 2.21. The Balaban J connectivity index is 2.14. The van der Waals surface area contributed by atoms with Crippen molar-refractivity contribution in [3.05, 3.63) is 42.7 Å². The van der Waals surface area contributed by atoms with Gasteiger partial charge in [-0.1, -0.05) is 0 Å². The van der Waals surface area contributed by atoms with Gasteiger partial charge in [0.15, 0.2) is 0 Å². The van der Waals surface area contributed by atoms with Crippen molar-refractivity contribution in [1.29, 1.82) is 0 Å². The van der Waals surface area contributed by atoms with Crippen LogP contribution in [0.1, 0.15) is 0 Å². The van der Waals surface area contributed by atoms with Gasteiger partial charge >= 0.3 is 0 Å². The Morgan fingerprint density at radius 2 is 2.00 bits per heavy atom. The first-order valence-electron chi connectivity index (χ1n) is 4.79. The first-order valence-corrected chi connectivity index (χ1v) is 5.33. The molecule has 0 aliphatic carbocycles. The van der Waals surface area contributed by atoms with E-state index >= 15 is 0 Å². The first-order chi connectivity index (χ1) is 7.79. The maximum atomic E-state index is 11.0. The van der Waals surface area contributed by atoms with E-state index in [2.05, 4.69) is 5.32 Å². The number of halogens is 1. The molecule has 1 aromatic carbocycles. The summed E-state index contributed by atoms with van der Waals surface area (Å²) in [6.45, 7) is 0. The van der Waals surface area contributed by atoms with E-state index in [1.54, 1.807) is 6.26 Å². The number of carbonyl (C=O) groups is 1. The van der Waals surface area contributed by atoms with Crippen molar-refractivity contribution in [1.82, 2.24) is 0 Å². The lowest BCUT2D eigenvalue weighted by Crippen LogP contribution is -2.12. The lowest BCUT2D eigenvalue weighted by Gasteiger charge is -2.03. The van der Waals surface area contributed by atoms with E-state index in [0.29, 0.717) is 0 Å². The molecule has 2 rings (SSSR count). The van der Waals surface area contributed by atoms with Gasteiger partial charge in [-0.3, -0.25) is 4.79 Å². The van der Waals surface area contributed by atoms with Gasteiger partial charge in [-0.2, -0.15) is 0 Å². The molecule has 4 heteroatoms. The maximum absolute atomic E-state index is 11.0. The minimum absolute atomic E-state index is 0.0417. The molecule has 16 heavy (non-hydrogen) atoms. The van der Waals surface area contributed by atoms with Gasteiger partial charge in [0.1, 0.15) is 11.6 Å². The SMILES string of the molecule is O=C(CCl)Nc1ccc(-c2ccco2)cc1. The number of nitrogens with one attached hydrogen (secondary N) is 1. The summed E-state index contributed by atoms with van der Waals surface area (Å²) in [7, 11) is 0. The van der Waals surface area contributed by atoms with Gasteiger partial charge in [0.25, 0.3) is 0 Å². The number of amides is 1. The van der Waals surface area contributed by atoms with Gasteiger partial charge in [0, 0.05) is 11.3 Å². The predicted octanol–water partition coefficient (Wildman–Crippen LogP) is 3.12. The number of furan rings is 1. The van der Waals surface area contributed by atoms with E-state index in [1.807, 2.05) is 36.4 Å². The summed E-state index contributed by atoms with van der Waals surface area (Å²) >= 11 is 5.39. The lowest BCUT2D eigenvalue weighted by molar-refractivity contribution is -0.113. The number of benzene rings is 1. The van der Waals surface area contributed by atoms with E-state index < -0.39 is 0 Å². The fourth-order valence-corrected chi connectivity index (χ4v) is 1.42. The Bertz CT molecular complexity index is 462. The van der Waals surface area contributed by atoms with Crippen molar-refractivity contribution in [2.24, 2.45) is 0 Å². The third-order valence-corrected chi connectivity index (χ3v) is 2.34. The number of anilines is 1. The smallest absolute Gasteiger partial charge is 0.239 e. The van der Waals surface area contributed by atoms with Gasteiger partial charge in [-0.05, 0) is 36.4 Å². The van der Waals surface area contributed by atoms with Crippen LogP contribution in [0.15, 0.2) is 47.1 Å². The fraction of sp³-hybridized carbons (Fsp3) is 0.0833. The number of carbonyl (C=O) groups excluding carboxylic acids is 1. The van der Waals surface area contributed by atoms with Crippen molar-refractivity contribution in [2.45, 2.75) is 0 Å². The van der Waals surface area contributed by atoms with E-state index in [4.69, 9.17) is 16.0 Å². The molecular weight excluding hydrogens is 226 g/mol. The monoisotopic (exact) mass is 235 g/mol. The van der Waals surface area contributed by atoms with Crippen molar-refractivity contribution in [3.8, 4) is 11.3 Å². The topological polar surface area (TPSA) is 42.2 Å². The molecule has 0 aliphatic rings. The standard InChI is InChI=1S/C12H10ClNO2/c13-8-12(15)14-10-5-3-9(4-6-10)11-2-1-7-16-11/h1-7H,8H2,(H,14,15). The molecule has 0 spiro atoms. The van der Waals surface area contributed by atoms with Crippen LogP contribution in [-0.2, 0) is 4.79 Å². The molecule has 0 bridgehead atoms. The average Bonchev–Trinajstić information content (AvgIpc) is 2.83. The summed E-state index contributed by atoms with van der Waals surface area (Å²) < 4.78 is 5.25. The molecule has 0 aliphatic heterocycles. The molecule has 0 atom stereocenters. The summed E-state index contributed by atoms with van der Waals surface area (Å²) in [5.41, 5.74) is 1.69. The summed E-state index contributed by atoms with van der Waals surface area (Å²) in [6.07, 6.45) is 1.62. The first kappa shape index (κ1) is 10.8. The highest BCUT2D eigenvalue weighted by atomic mass is 35.5. The Morgan fingerprint density at radius 1 is 1.25 bits per heavy atom. The Hall–Kier alpha value is -1.74. The molecule has 2 aromatic rings. The van der Waals surface area contributed by atoms with Crippen molar-refractivity contribution >= 4 is 23.2 Å². The van der Waals surface area contributed by atoms with E-state index in [-0.39, 0.29) is 11.8 Å². The van der Waals surface area contributed by atoms with Crippen LogP contribution in [-0.4, -0.2) is 11.8 Å². The maximum Gasteiger partial charge on any atom is 0.239 e. The van der Waals surface area contributed by atoms with Crippen LogP contribution >= 0.6 is 11.6 Å². The minimum Gasteiger partial charge on any atom is -0.464 e. The Morgan fingerprint density at radius 3 is 2.56 bits per heavy atom. The van der Waals surface area contributed by atoms with Crippen LogP contribution in [0.4, 0.5) is 5.69 Å². The molecule has 0 fully saturated rings. The quantitative estimate of drug-likeness (QED) is 0.831. The second-order valence-corrected chi connectivity index (χ2v) is 3.50. The highest BCUT2D eigenvalue weighted by Gasteiger charge is 2.02. The zero-order valence-electron chi connectivity index (χ0n) is 8.44. The van der Waals surface area contributed by atoms with Crippen molar-refractivity contribution in [3.63, 3.8) is 0 Å². The lowest BCUT2D eigenvalue weighted by atomic mass is 10.1. The fourth-order valence-electron chi connectivity index (χ4n) is 1.36. The highest BCUT2D eigenvalue weighted by molar-refractivity contribution is 6.29. The number of hydrogen-bond donors (Lipinski definition) is 1. The van der Waals surface area contributed by atoms with E-state index in [1.165, 1.54) is 0 Å². The molecule has 1 amide bonds. The zero-order valence-corrected chi connectivity index (χ0v) is 9.20. The molecule has 0 radical (unpaired) electrons. The number of rotatable bonds is 3. The number of alkyl halides is 1. The molecule has 3 nitrogen and oxygen atoms in total. The minimum atomic E-state index is -0.215. The largest absolute Gasteiger partial charge is 0.464 e. The second kappa shape index (κ2) is 4.86. The number of hydrogen-bond acceptors (Lipinski definition) is 2. The molecule has 1 heterocycles.